The van der Waals surface area contributed by atoms with Gasteiger partial charge < -0.3 is 26.3 Å². The number of carbonyl (C=O) groups is 4. The molecule has 0 unspecified atom stereocenters. The number of β-lactam (4-membered cyclic amide) rings is 1. The first-order valence-corrected chi connectivity index (χ1v) is 13.5. The van der Waals surface area contributed by atoms with E-state index in [0.717, 1.165) is 16.2 Å². The van der Waals surface area contributed by atoms with Gasteiger partial charge in [0.25, 0.3) is 11.8 Å². The molecule has 3 aliphatic rings. The number of aromatic nitrogens is 1. The van der Waals surface area contributed by atoms with E-state index in [4.69, 9.17) is 5.73 Å². The number of thioether (sulfide) groups is 1. The number of carbonyl (C=O) groups excluding carboxylic acids is 3. The van der Waals surface area contributed by atoms with Crippen LogP contribution in [0.4, 0.5) is 9.52 Å². The van der Waals surface area contributed by atoms with Crippen molar-refractivity contribution in [2.45, 2.75) is 24.4 Å². The molecule has 39 heavy (non-hydrogen) atoms. The maximum Gasteiger partial charge on any atom is 0.352 e. The van der Waals surface area contributed by atoms with Crippen molar-refractivity contribution in [1.29, 1.82) is 0 Å². The minimum Gasteiger partial charge on any atom is -0.477 e. The number of halogens is 1. The predicted molar refractivity (Wildman–Crippen MR) is 139 cm³/mol. The second-order valence-electron chi connectivity index (χ2n) is 8.84. The number of amides is 3. The van der Waals surface area contributed by atoms with Gasteiger partial charge in [0, 0.05) is 29.8 Å². The number of oxime groups is 1. The molecule has 15 heteroatoms. The molecule has 4 heterocycles. The third-order valence-corrected chi connectivity index (χ3v) is 8.37. The molecule has 2 saturated heterocycles. The molecule has 0 aliphatic carbocycles. The number of allylic oxidation sites excluding steroid dienone is 1. The summed E-state index contributed by atoms with van der Waals surface area (Å²) in [4.78, 5) is 57.3. The summed E-state index contributed by atoms with van der Waals surface area (Å²) in [5, 5.41) is 25.5. The molecule has 2 atom stereocenters. The zero-order valence-electron chi connectivity index (χ0n) is 20.0. The highest BCUT2D eigenvalue weighted by molar-refractivity contribution is 8.00. The van der Waals surface area contributed by atoms with Crippen LogP contribution in [0.2, 0.25) is 0 Å². The number of anilines is 1. The Bertz CT molecular complexity index is 1490. The van der Waals surface area contributed by atoms with E-state index in [1.165, 1.54) is 35.4 Å². The summed E-state index contributed by atoms with van der Waals surface area (Å²) < 4.78 is 13.5. The summed E-state index contributed by atoms with van der Waals surface area (Å²) >= 11 is 2.26. The van der Waals surface area contributed by atoms with E-state index >= 15 is 0 Å². The number of nitrogen functional groups attached to an aromatic ring is 1. The van der Waals surface area contributed by atoms with Gasteiger partial charge >= 0.3 is 5.97 Å². The molecule has 2 fully saturated rings. The lowest BCUT2D eigenvalue weighted by Crippen LogP contribution is -2.71. The van der Waals surface area contributed by atoms with Crippen LogP contribution in [0.5, 0.6) is 0 Å². The van der Waals surface area contributed by atoms with E-state index in [9.17, 15) is 33.9 Å². The summed E-state index contributed by atoms with van der Waals surface area (Å²) in [7, 11) is 0. The number of carboxylic acid groups (broad SMARTS) is 1. The summed E-state index contributed by atoms with van der Waals surface area (Å²) in [6.07, 6.45) is 1.87. The summed E-state index contributed by atoms with van der Waals surface area (Å²) in [6.45, 7) is 0.608. The minimum atomic E-state index is -1.34. The van der Waals surface area contributed by atoms with Gasteiger partial charge in [-0.05, 0) is 35.8 Å². The third kappa shape index (κ3) is 4.97. The van der Waals surface area contributed by atoms with Crippen LogP contribution < -0.4 is 11.1 Å². The van der Waals surface area contributed by atoms with Crippen molar-refractivity contribution in [3.8, 4) is 0 Å². The molecular weight excluding hydrogens is 551 g/mol. The van der Waals surface area contributed by atoms with Crippen molar-refractivity contribution in [1.82, 2.24) is 20.1 Å². The molecule has 0 bridgehead atoms. The van der Waals surface area contributed by atoms with Crippen molar-refractivity contribution >= 4 is 57.6 Å². The highest BCUT2D eigenvalue weighted by atomic mass is 32.2. The summed E-state index contributed by atoms with van der Waals surface area (Å²) in [6, 6.07) is 4.89. The van der Waals surface area contributed by atoms with E-state index in [-0.39, 0.29) is 34.7 Å². The molecular formula is C24H21FN6O6S2. The number of nitrogens with two attached hydrogens (primary N) is 1. The largest absolute Gasteiger partial charge is 0.477 e. The number of fused-ring (bicyclic) bond motifs is 1. The molecule has 202 valence electrons. The number of likely N-dealkylation sites (tertiary alicyclic amines) is 1. The molecule has 1 aromatic heterocycles. The third-order valence-electron chi connectivity index (χ3n) is 6.39. The standard InChI is InChI=1S/C24H21FN6O6S2/c25-14-3-1-2-11(6-14)8-30-5-4-12(20(30)33)7-13-9-38-22-17(21(34)31(22)18(13)23(35)36)28-19(32)16(29-37)15-10-39-24(26)27-15/h1-3,6-7,10,17,22,37H,4-5,8-9H2,(H2,26,27)(H,28,32)(H,35,36)/b12-7+,29-16-/t17-,22-/m1/s1. The number of rotatable bonds is 7. The number of hydrogen-bond donors (Lipinski definition) is 4. The molecule has 2 aromatic rings. The number of nitrogens with one attached hydrogen (secondary N) is 1. The first kappa shape index (κ1) is 26.4. The van der Waals surface area contributed by atoms with Gasteiger partial charge in [0.05, 0.1) is 0 Å². The van der Waals surface area contributed by atoms with E-state index in [0.29, 0.717) is 29.7 Å². The van der Waals surface area contributed by atoms with Crippen LogP contribution in [-0.2, 0) is 25.7 Å². The van der Waals surface area contributed by atoms with Crippen LogP contribution in [0.1, 0.15) is 17.7 Å². The summed E-state index contributed by atoms with van der Waals surface area (Å²) in [5.74, 6) is -3.39. The molecule has 3 aliphatic heterocycles. The van der Waals surface area contributed by atoms with E-state index in [1.54, 1.807) is 17.0 Å². The van der Waals surface area contributed by atoms with Gasteiger partial charge in [-0.1, -0.05) is 17.3 Å². The predicted octanol–water partition coefficient (Wildman–Crippen LogP) is 1.14. The first-order chi connectivity index (χ1) is 18.7. The Morgan fingerprint density at radius 2 is 2.13 bits per heavy atom. The first-order valence-electron chi connectivity index (χ1n) is 11.6. The second kappa shape index (κ2) is 10.5. The van der Waals surface area contributed by atoms with Gasteiger partial charge in [-0.25, -0.2) is 14.2 Å². The van der Waals surface area contributed by atoms with Crippen LogP contribution in [0.3, 0.4) is 0 Å². The SMILES string of the molecule is Nc1nc(/C(=N/O)C(=O)N[C@@H]2C(=O)N3C(C(=O)O)=C(/C=C4\CCN(Cc5cccc(F)c5)C4=O)CS[C@H]23)cs1. The highest BCUT2D eigenvalue weighted by Gasteiger charge is 2.54. The fraction of sp³-hybridized carbons (Fsp3) is 0.250. The molecule has 0 saturated carbocycles. The fourth-order valence-corrected chi connectivity index (χ4v) is 6.44. The van der Waals surface area contributed by atoms with Crippen LogP contribution in [-0.4, -0.2) is 78.2 Å². The van der Waals surface area contributed by atoms with Crippen molar-refractivity contribution in [3.63, 3.8) is 0 Å². The maximum absolute atomic E-state index is 13.5. The van der Waals surface area contributed by atoms with Gasteiger partial charge in [0.1, 0.15) is 28.6 Å². The molecule has 1 aromatic carbocycles. The lowest BCUT2D eigenvalue weighted by Gasteiger charge is -2.49. The molecule has 5 rings (SSSR count). The van der Waals surface area contributed by atoms with Crippen LogP contribution in [0.25, 0.3) is 0 Å². The molecule has 0 spiro atoms. The quantitative estimate of drug-likeness (QED) is 0.124. The number of aliphatic carboxylic acids is 1. The highest BCUT2D eigenvalue weighted by Crippen LogP contribution is 2.41. The second-order valence-corrected chi connectivity index (χ2v) is 10.8. The van der Waals surface area contributed by atoms with Gasteiger partial charge in [-0.2, -0.15) is 0 Å². The average Bonchev–Trinajstić information content (AvgIpc) is 3.48. The smallest absolute Gasteiger partial charge is 0.352 e. The molecule has 5 N–H and O–H groups in total. The Labute approximate surface area is 228 Å². The van der Waals surface area contributed by atoms with Crippen molar-refractivity contribution in [2.24, 2.45) is 5.16 Å². The van der Waals surface area contributed by atoms with Crippen LogP contribution >= 0.6 is 23.1 Å². The zero-order valence-corrected chi connectivity index (χ0v) is 21.7. The van der Waals surface area contributed by atoms with Crippen molar-refractivity contribution < 1.29 is 33.9 Å². The van der Waals surface area contributed by atoms with Gasteiger partial charge in [-0.3, -0.25) is 19.3 Å². The van der Waals surface area contributed by atoms with Crippen LogP contribution in [0.15, 0.2) is 57.7 Å². The Morgan fingerprint density at radius 1 is 1.33 bits per heavy atom. The average molecular weight is 573 g/mol. The minimum absolute atomic E-state index is 0.0325. The number of benzene rings is 1. The zero-order chi connectivity index (χ0) is 27.8. The number of thiazole rings is 1. The van der Waals surface area contributed by atoms with E-state index in [1.807, 2.05) is 0 Å². The number of carboxylic acids is 1. The van der Waals surface area contributed by atoms with Crippen molar-refractivity contribution in [3.05, 3.63) is 69.6 Å². The Hall–Kier alpha value is -4.24. The van der Waals surface area contributed by atoms with E-state index in [2.05, 4.69) is 15.5 Å². The van der Waals surface area contributed by atoms with Crippen LogP contribution in [0, 0.1) is 5.82 Å². The van der Waals surface area contributed by atoms with Crippen molar-refractivity contribution in [2.75, 3.05) is 18.0 Å². The molecule has 12 nitrogen and oxygen atoms in total. The lowest BCUT2D eigenvalue weighted by atomic mass is 10.0. The fourth-order valence-electron chi connectivity index (χ4n) is 4.59. The monoisotopic (exact) mass is 572 g/mol. The lowest BCUT2D eigenvalue weighted by molar-refractivity contribution is -0.150. The van der Waals surface area contributed by atoms with Gasteiger partial charge in [0.15, 0.2) is 10.8 Å². The normalized spacial score (nSPS) is 22.3. The number of nitrogens with zero attached hydrogens (tertiary/aromatic N) is 4. The topological polar surface area (TPSA) is 179 Å². The number of hydrogen-bond acceptors (Lipinski definition) is 10. The Balaban J connectivity index is 1.32. The van der Waals surface area contributed by atoms with Gasteiger partial charge in [0.2, 0.25) is 5.91 Å². The van der Waals surface area contributed by atoms with E-state index < -0.39 is 40.7 Å². The van der Waals surface area contributed by atoms with Gasteiger partial charge in [-0.15, -0.1) is 23.1 Å². The molecule has 0 radical (unpaired) electrons. The summed E-state index contributed by atoms with van der Waals surface area (Å²) in [5.41, 5.74) is 6.23. The Morgan fingerprint density at radius 3 is 2.79 bits per heavy atom. The Kier molecular flexibility index (Phi) is 7.10. The maximum atomic E-state index is 13.5. The molecule has 3 amide bonds.